The summed E-state index contributed by atoms with van der Waals surface area (Å²) in [5.41, 5.74) is 2.07. The number of hydrogen-bond donors (Lipinski definition) is 2. The second kappa shape index (κ2) is 6.26. The van der Waals surface area contributed by atoms with Gasteiger partial charge in [-0.05, 0) is 43.5 Å². The Labute approximate surface area is 124 Å². The zero-order chi connectivity index (χ0) is 14.7. The smallest absolute Gasteiger partial charge is 0.246 e. The van der Waals surface area contributed by atoms with E-state index in [1.807, 2.05) is 12.1 Å². The van der Waals surface area contributed by atoms with E-state index in [4.69, 9.17) is 0 Å². The van der Waals surface area contributed by atoms with E-state index in [0.717, 1.165) is 18.7 Å². The monoisotopic (exact) mass is 287 g/mol. The number of benzene rings is 1. The predicted molar refractivity (Wildman–Crippen MR) is 81.2 cm³/mol. The predicted octanol–water partition coefficient (Wildman–Crippen LogP) is 0.834. The molecule has 2 amide bonds. The van der Waals surface area contributed by atoms with E-state index in [2.05, 4.69) is 22.8 Å². The van der Waals surface area contributed by atoms with E-state index in [1.165, 1.54) is 24.8 Å². The molecule has 2 fully saturated rings. The lowest BCUT2D eigenvalue weighted by molar-refractivity contribution is -0.128. The van der Waals surface area contributed by atoms with Crippen molar-refractivity contribution >= 4 is 17.5 Å². The standard InChI is InChI=1S/C16H21N3O2/c20-15-11-19(16(21)10-18-15)14-6-4-12(5-7-14)9-13-3-1-2-8-17-13/h4-7,13,17H,1-3,8-11H2,(H,18,20). The maximum absolute atomic E-state index is 11.8. The van der Waals surface area contributed by atoms with E-state index >= 15 is 0 Å². The summed E-state index contributed by atoms with van der Waals surface area (Å²) in [6.45, 7) is 1.31. The third-order valence-corrected chi connectivity index (χ3v) is 4.18. The molecule has 2 aliphatic heterocycles. The minimum absolute atomic E-state index is 0.0590. The van der Waals surface area contributed by atoms with Crippen molar-refractivity contribution in [3.8, 4) is 0 Å². The first-order valence-electron chi connectivity index (χ1n) is 7.62. The van der Waals surface area contributed by atoms with Crippen LogP contribution in [-0.4, -0.2) is 37.5 Å². The average molecular weight is 287 g/mol. The van der Waals surface area contributed by atoms with Crippen molar-refractivity contribution in [2.45, 2.75) is 31.7 Å². The van der Waals surface area contributed by atoms with Gasteiger partial charge in [0.25, 0.3) is 0 Å². The Hall–Kier alpha value is -1.88. The van der Waals surface area contributed by atoms with Crippen LogP contribution in [0.4, 0.5) is 5.69 Å². The van der Waals surface area contributed by atoms with Gasteiger partial charge in [-0.15, -0.1) is 0 Å². The number of nitrogens with zero attached hydrogens (tertiary/aromatic N) is 1. The van der Waals surface area contributed by atoms with Gasteiger partial charge >= 0.3 is 0 Å². The maximum atomic E-state index is 11.8. The number of carbonyl (C=O) groups excluding carboxylic acids is 2. The molecule has 0 saturated carbocycles. The van der Waals surface area contributed by atoms with Crippen LogP contribution in [0, 0.1) is 0 Å². The van der Waals surface area contributed by atoms with Crippen LogP contribution >= 0.6 is 0 Å². The SMILES string of the molecule is O=C1CN(c2ccc(CC3CCCCN3)cc2)C(=O)CN1. The zero-order valence-electron chi connectivity index (χ0n) is 12.1. The van der Waals surface area contributed by atoms with Crippen LogP contribution in [0.15, 0.2) is 24.3 Å². The summed E-state index contributed by atoms with van der Waals surface area (Å²) in [5.74, 6) is -0.165. The molecule has 5 nitrogen and oxygen atoms in total. The molecule has 0 bridgehead atoms. The van der Waals surface area contributed by atoms with Crippen molar-refractivity contribution in [3.05, 3.63) is 29.8 Å². The van der Waals surface area contributed by atoms with Gasteiger partial charge in [0.1, 0.15) is 6.54 Å². The number of hydrogen-bond acceptors (Lipinski definition) is 3. The molecule has 0 radical (unpaired) electrons. The number of carbonyl (C=O) groups is 2. The molecule has 2 saturated heterocycles. The third-order valence-electron chi connectivity index (χ3n) is 4.18. The van der Waals surface area contributed by atoms with Gasteiger partial charge in [0.05, 0.1) is 6.54 Å². The van der Waals surface area contributed by atoms with Gasteiger partial charge in [0.15, 0.2) is 0 Å². The Bertz CT molecular complexity index is 521. The van der Waals surface area contributed by atoms with Gasteiger partial charge < -0.3 is 15.5 Å². The van der Waals surface area contributed by atoms with Crippen LogP contribution in [0.25, 0.3) is 0 Å². The van der Waals surface area contributed by atoms with Gasteiger partial charge in [-0.1, -0.05) is 18.6 Å². The minimum atomic E-state index is -0.106. The van der Waals surface area contributed by atoms with Crippen LogP contribution in [0.1, 0.15) is 24.8 Å². The highest BCUT2D eigenvalue weighted by atomic mass is 16.2. The third kappa shape index (κ3) is 3.42. The summed E-state index contributed by atoms with van der Waals surface area (Å²) in [7, 11) is 0. The molecule has 1 aromatic rings. The van der Waals surface area contributed by atoms with E-state index in [-0.39, 0.29) is 24.9 Å². The molecule has 1 atom stereocenters. The minimum Gasteiger partial charge on any atom is -0.345 e. The van der Waals surface area contributed by atoms with E-state index in [9.17, 15) is 9.59 Å². The summed E-state index contributed by atoms with van der Waals surface area (Å²) < 4.78 is 0. The van der Waals surface area contributed by atoms with Crippen molar-refractivity contribution in [3.63, 3.8) is 0 Å². The van der Waals surface area contributed by atoms with E-state index < -0.39 is 0 Å². The number of nitrogens with one attached hydrogen (secondary N) is 2. The van der Waals surface area contributed by atoms with Gasteiger partial charge in [0, 0.05) is 11.7 Å². The Balaban J connectivity index is 1.65. The fraction of sp³-hybridized carbons (Fsp3) is 0.500. The quantitative estimate of drug-likeness (QED) is 0.866. The number of rotatable bonds is 3. The molecule has 21 heavy (non-hydrogen) atoms. The second-order valence-electron chi connectivity index (χ2n) is 5.77. The van der Waals surface area contributed by atoms with Crippen molar-refractivity contribution < 1.29 is 9.59 Å². The van der Waals surface area contributed by atoms with E-state index in [1.54, 1.807) is 4.90 Å². The van der Waals surface area contributed by atoms with Gasteiger partial charge in [-0.25, -0.2) is 0 Å². The second-order valence-corrected chi connectivity index (χ2v) is 5.77. The molecule has 2 aliphatic rings. The number of piperidine rings is 1. The molecular weight excluding hydrogens is 266 g/mol. The first kappa shape index (κ1) is 14.1. The summed E-state index contributed by atoms with van der Waals surface area (Å²) in [6.07, 6.45) is 4.82. The average Bonchev–Trinajstić information content (AvgIpc) is 2.52. The van der Waals surface area contributed by atoms with Crippen LogP contribution in [0.2, 0.25) is 0 Å². The summed E-state index contributed by atoms with van der Waals surface area (Å²) >= 11 is 0. The highest BCUT2D eigenvalue weighted by Gasteiger charge is 2.24. The fourth-order valence-electron chi connectivity index (χ4n) is 2.99. The van der Waals surface area contributed by atoms with Crippen LogP contribution in [0.3, 0.4) is 0 Å². The lowest BCUT2D eigenvalue weighted by Crippen LogP contribution is -2.51. The lowest BCUT2D eigenvalue weighted by Gasteiger charge is -2.27. The molecule has 0 spiro atoms. The molecule has 2 heterocycles. The van der Waals surface area contributed by atoms with Crippen molar-refractivity contribution in [2.75, 3.05) is 24.5 Å². The van der Waals surface area contributed by atoms with Gasteiger partial charge in [0.2, 0.25) is 11.8 Å². The normalized spacial score (nSPS) is 23.0. The Morgan fingerprint density at radius 1 is 1.14 bits per heavy atom. The summed E-state index contributed by atoms with van der Waals surface area (Å²) in [5, 5.41) is 6.10. The molecular formula is C16H21N3O2. The largest absolute Gasteiger partial charge is 0.345 e. The van der Waals surface area contributed by atoms with Crippen LogP contribution in [0.5, 0.6) is 0 Å². The van der Waals surface area contributed by atoms with Crippen LogP contribution in [-0.2, 0) is 16.0 Å². The van der Waals surface area contributed by atoms with Crippen LogP contribution < -0.4 is 15.5 Å². The van der Waals surface area contributed by atoms with Crippen molar-refractivity contribution in [1.82, 2.24) is 10.6 Å². The lowest BCUT2D eigenvalue weighted by atomic mass is 9.97. The summed E-state index contributed by atoms with van der Waals surface area (Å²) in [4.78, 5) is 24.8. The number of amides is 2. The first-order valence-corrected chi connectivity index (χ1v) is 7.62. The Morgan fingerprint density at radius 2 is 1.95 bits per heavy atom. The zero-order valence-corrected chi connectivity index (χ0v) is 12.1. The maximum Gasteiger partial charge on any atom is 0.246 e. The molecule has 1 aromatic carbocycles. The number of anilines is 1. The molecule has 3 rings (SSSR count). The van der Waals surface area contributed by atoms with Crippen molar-refractivity contribution in [1.29, 1.82) is 0 Å². The molecule has 112 valence electrons. The highest BCUT2D eigenvalue weighted by Crippen LogP contribution is 2.19. The Kier molecular flexibility index (Phi) is 4.20. The molecule has 5 heteroatoms. The topological polar surface area (TPSA) is 61.4 Å². The fourth-order valence-corrected chi connectivity index (χ4v) is 2.99. The molecule has 2 N–H and O–H groups in total. The van der Waals surface area contributed by atoms with Gasteiger partial charge in [-0.3, -0.25) is 9.59 Å². The molecule has 1 unspecified atom stereocenters. The Morgan fingerprint density at radius 3 is 2.67 bits per heavy atom. The first-order chi connectivity index (χ1) is 10.2. The summed E-state index contributed by atoms with van der Waals surface area (Å²) in [6, 6.07) is 8.56. The highest BCUT2D eigenvalue weighted by molar-refractivity contribution is 6.04. The van der Waals surface area contributed by atoms with E-state index in [0.29, 0.717) is 6.04 Å². The van der Waals surface area contributed by atoms with Crippen molar-refractivity contribution in [2.24, 2.45) is 0 Å². The number of piperazine rings is 1. The van der Waals surface area contributed by atoms with Gasteiger partial charge in [-0.2, -0.15) is 0 Å². The molecule has 0 aromatic heterocycles. The molecule has 0 aliphatic carbocycles.